The topological polar surface area (TPSA) is 68.0 Å². The molecule has 3 atom stereocenters. The molecule has 1 aromatic heterocycles. The summed E-state index contributed by atoms with van der Waals surface area (Å²) in [6.07, 6.45) is 5.02. The van der Waals surface area contributed by atoms with Gasteiger partial charge in [-0.3, -0.25) is 9.48 Å². The highest BCUT2D eigenvalue weighted by atomic mass is 79.9. The normalized spacial score (nSPS) is 27.4. The Morgan fingerprint density at radius 3 is 2.79 bits per heavy atom. The van der Waals surface area contributed by atoms with Crippen LogP contribution in [0, 0.1) is 11.8 Å². The minimum Gasteiger partial charge on any atom is -0.481 e. The van der Waals surface area contributed by atoms with Crippen LogP contribution in [0.2, 0.25) is 0 Å². The highest BCUT2D eigenvalue weighted by Gasteiger charge is 2.38. The van der Waals surface area contributed by atoms with Crippen molar-refractivity contribution in [3.63, 3.8) is 0 Å². The van der Waals surface area contributed by atoms with Gasteiger partial charge in [-0.25, -0.2) is 0 Å². The van der Waals surface area contributed by atoms with E-state index in [0.717, 1.165) is 31.4 Å². The number of carbonyl (C=O) groups is 1. The molecule has 1 fully saturated rings. The Bertz CT molecular complexity index is 441. The summed E-state index contributed by atoms with van der Waals surface area (Å²) >= 11 is 3.40. The summed E-state index contributed by atoms with van der Waals surface area (Å²) in [5.74, 6) is -0.390. The molecule has 1 aliphatic rings. The lowest BCUT2D eigenvalue weighted by molar-refractivity contribution is -0.144. The highest BCUT2D eigenvalue weighted by molar-refractivity contribution is 9.10. The van der Waals surface area contributed by atoms with E-state index >= 15 is 0 Å². The lowest BCUT2D eigenvalue weighted by atomic mass is 9.71. The van der Waals surface area contributed by atoms with Crippen LogP contribution in [-0.4, -0.2) is 26.1 Å². The molecule has 3 unspecified atom stereocenters. The van der Waals surface area contributed by atoms with Crippen molar-refractivity contribution in [1.29, 1.82) is 0 Å². The van der Waals surface area contributed by atoms with Gasteiger partial charge in [-0.1, -0.05) is 25.0 Å². The number of aliphatic carboxylic acids is 1. The van der Waals surface area contributed by atoms with E-state index in [1.54, 1.807) is 4.68 Å². The Kier molecular flexibility index (Phi) is 4.60. The van der Waals surface area contributed by atoms with Crippen molar-refractivity contribution >= 4 is 21.9 Å². The van der Waals surface area contributed by atoms with Crippen molar-refractivity contribution in [2.24, 2.45) is 18.9 Å². The summed E-state index contributed by atoms with van der Waals surface area (Å²) in [4.78, 5) is 11.5. The molecule has 1 N–H and O–H groups in total. The molecule has 106 valence electrons. The van der Waals surface area contributed by atoms with Gasteiger partial charge in [0.1, 0.15) is 0 Å². The minimum absolute atomic E-state index is 0.0113. The van der Waals surface area contributed by atoms with Gasteiger partial charge >= 0.3 is 5.97 Å². The molecular formula is C13H20BrN3O2. The Morgan fingerprint density at radius 2 is 2.26 bits per heavy atom. The molecule has 0 amide bonds. The molecule has 19 heavy (non-hydrogen) atoms. The molecule has 0 spiro atoms. The van der Waals surface area contributed by atoms with Crippen molar-refractivity contribution in [2.75, 3.05) is 0 Å². The molecule has 0 bridgehead atoms. The number of carboxylic acid groups (broad SMARTS) is 1. The molecule has 1 aromatic rings. The summed E-state index contributed by atoms with van der Waals surface area (Å²) in [6, 6.07) is 0. The van der Waals surface area contributed by atoms with E-state index < -0.39 is 5.97 Å². The molecule has 1 saturated carbocycles. The fraction of sp³-hybridized carbons (Fsp3) is 0.769. The zero-order chi connectivity index (χ0) is 14.0. The first kappa shape index (κ1) is 14.5. The Hall–Kier alpha value is -0.910. The number of halogens is 1. The van der Waals surface area contributed by atoms with E-state index in [1.165, 1.54) is 6.42 Å². The van der Waals surface area contributed by atoms with Crippen LogP contribution in [0.25, 0.3) is 0 Å². The Balaban J connectivity index is 2.28. The molecule has 1 heterocycles. The fourth-order valence-corrected chi connectivity index (χ4v) is 3.88. The van der Waals surface area contributed by atoms with Crippen molar-refractivity contribution in [1.82, 2.24) is 15.0 Å². The van der Waals surface area contributed by atoms with E-state index in [4.69, 9.17) is 0 Å². The summed E-state index contributed by atoms with van der Waals surface area (Å²) in [5, 5.41) is 17.4. The third-order valence-corrected chi connectivity index (χ3v) is 4.72. The summed E-state index contributed by atoms with van der Waals surface area (Å²) < 4.78 is 2.39. The smallest absolute Gasteiger partial charge is 0.307 e. The number of carboxylic acids is 1. The van der Waals surface area contributed by atoms with Crippen molar-refractivity contribution < 1.29 is 9.90 Å². The van der Waals surface area contributed by atoms with Crippen LogP contribution in [0.3, 0.4) is 0 Å². The van der Waals surface area contributed by atoms with Crippen molar-refractivity contribution in [2.45, 2.75) is 44.9 Å². The average molecular weight is 330 g/mol. The van der Waals surface area contributed by atoms with Gasteiger partial charge in [0.15, 0.2) is 4.60 Å². The quantitative estimate of drug-likeness (QED) is 0.922. The van der Waals surface area contributed by atoms with Gasteiger partial charge in [-0.15, -0.1) is 5.10 Å². The van der Waals surface area contributed by atoms with Crippen LogP contribution < -0.4 is 0 Å². The molecule has 0 radical (unpaired) electrons. The maximum Gasteiger partial charge on any atom is 0.307 e. The molecule has 1 aliphatic carbocycles. The second kappa shape index (κ2) is 6.03. The van der Waals surface area contributed by atoms with Crippen LogP contribution in [0.4, 0.5) is 0 Å². The summed E-state index contributed by atoms with van der Waals surface area (Å²) in [7, 11) is 1.83. The van der Waals surface area contributed by atoms with Gasteiger partial charge in [0.25, 0.3) is 0 Å². The number of hydrogen-bond acceptors (Lipinski definition) is 3. The first-order valence-corrected chi connectivity index (χ1v) is 7.61. The molecule has 6 heteroatoms. The lowest BCUT2D eigenvalue weighted by Crippen LogP contribution is -2.30. The Labute approximate surface area is 121 Å². The maximum absolute atomic E-state index is 11.5. The fourth-order valence-electron chi connectivity index (χ4n) is 3.26. The van der Waals surface area contributed by atoms with Gasteiger partial charge in [0.05, 0.1) is 11.6 Å². The van der Waals surface area contributed by atoms with Gasteiger partial charge in [-0.2, -0.15) is 0 Å². The highest BCUT2D eigenvalue weighted by Crippen LogP contribution is 2.43. The number of hydrogen-bond donors (Lipinski definition) is 1. The van der Waals surface area contributed by atoms with Crippen molar-refractivity contribution in [3.8, 4) is 0 Å². The van der Waals surface area contributed by atoms with Gasteiger partial charge < -0.3 is 5.11 Å². The molecule has 2 rings (SSSR count). The molecule has 0 saturated heterocycles. The van der Waals surface area contributed by atoms with Gasteiger partial charge in [-0.05, 0) is 41.1 Å². The largest absolute Gasteiger partial charge is 0.481 e. The zero-order valence-electron chi connectivity index (χ0n) is 11.3. The van der Waals surface area contributed by atoms with E-state index in [-0.39, 0.29) is 11.8 Å². The van der Waals surface area contributed by atoms with Crippen LogP contribution in [0.1, 0.15) is 50.6 Å². The third-order valence-electron chi connectivity index (χ3n) is 4.15. The van der Waals surface area contributed by atoms with Gasteiger partial charge in [0.2, 0.25) is 0 Å². The average Bonchev–Trinajstić information content (AvgIpc) is 2.69. The number of rotatable bonds is 4. The maximum atomic E-state index is 11.5. The monoisotopic (exact) mass is 329 g/mol. The van der Waals surface area contributed by atoms with Crippen LogP contribution in [0.5, 0.6) is 0 Å². The summed E-state index contributed by atoms with van der Waals surface area (Å²) in [5.41, 5.74) is 0.924. The molecule has 0 aromatic carbocycles. The zero-order valence-corrected chi connectivity index (χ0v) is 12.9. The van der Waals surface area contributed by atoms with E-state index in [0.29, 0.717) is 10.5 Å². The van der Waals surface area contributed by atoms with Crippen LogP contribution in [-0.2, 0) is 11.8 Å². The van der Waals surface area contributed by atoms with E-state index in [2.05, 4.69) is 33.2 Å². The number of nitrogens with zero attached hydrogens (tertiary/aromatic N) is 3. The second-order valence-electron chi connectivity index (χ2n) is 5.41. The van der Waals surface area contributed by atoms with E-state index in [1.807, 2.05) is 7.05 Å². The van der Waals surface area contributed by atoms with Crippen LogP contribution >= 0.6 is 15.9 Å². The molecule has 5 nitrogen and oxygen atoms in total. The minimum atomic E-state index is -0.701. The predicted molar refractivity (Wildman–Crippen MR) is 74.8 cm³/mol. The Morgan fingerprint density at radius 1 is 1.53 bits per heavy atom. The number of aryl methyl sites for hydroxylation is 1. The lowest BCUT2D eigenvalue weighted by Gasteiger charge is -2.33. The predicted octanol–water partition coefficient (Wildman–Crippen LogP) is 2.96. The van der Waals surface area contributed by atoms with Crippen molar-refractivity contribution in [3.05, 3.63) is 10.3 Å². The molecular weight excluding hydrogens is 310 g/mol. The first-order chi connectivity index (χ1) is 9.04. The SMILES string of the molecule is CCCC1CCC(C(=O)O)C(c2c(Br)nnn2C)C1. The van der Waals surface area contributed by atoms with Gasteiger partial charge in [0, 0.05) is 13.0 Å². The summed E-state index contributed by atoms with van der Waals surface area (Å²) in [6.45, 7) is 2.18. The third kappa shape index (κ3) is 2.99. The van der Waals surface area contributed by atoms with E-state index in [9.17, 15) is 9.90 Å². The standard InChI is InChI=1S/C13H20BrN3O2/c1-3-4-8-5-6-9(13(18)19)10(7-8)11-12(14)15-16-17(11)2/h8-10H,3-7H2,1-2H3,(H,18,19). The van der Waals surface area contributed by atoms with Crippen LogP contribution in [0.15, 0.2) is 4.60 Å². The first-order valence-electron chi connectivity index (χ1n) is 6.82. The number of aromatic nitrogens is 3. The second-order valence-corrected chi connectivity index (χ2v) is 6.16. The molecule has 0 aliphatic heterocycles.